The number of anilines is 2. The summed E-state index contributed by atoms with van der Waals surface area (Å²) in [7, 11) is 3.03. The molecule has 3 nitrogen and oxygen atoms in total. The summed E-state index contributed by atoms with van der Waals surface area (Å²) in [6.07, 6.45) is -4.35. The molecule has 1 heterocycles. The van der Waals surface area contributed by atoms with Crippen LogP contribution in [0.15, 0.2) is 12.1 Å². The van der Waals surface area contributed by atoms with Crippen LogP contribution in [0.3, 0.4) is 0 Å². The van der Waals surface area contributed by atoms with Gasteiger partial charge in [0.1, 0.15) is 11.6 Å². The third-order valence-electron chi connectivity index (χ3n) is 1.66. The summed E-state index contributed by atoms with van der Waals surface area (Å²) >= 11 is 0. The van der Waals surface area contributed by atoms with Gasteiger partial charge >= 0.3 is 6.18 Å². The number of halogens is 3. The van der Waals surface area contributed by atoms with E-state index in [0.29, 0.717) is 0 Å². The van der Waals surface area contributed by atoms with Crippen molar-refractivity contribution in [2.45, 2.75) is 6.18 Å². The van der Waals surface area contributed by atoms with Gasteiger partial charge in [0.2, 0.25) is 0 Å². The molecule has 1 aromatic heterocycles. The van der Waals surface area contributed by atoms with Gasteiger partial charge in [0.05, 0.1) is 5.56 Å². The summed E-state index contributed by atoms with van der Waals surface area (Å²) in [5.41, 5.74) is -0.721. The summed E-state index contributed by atoms with van der Waals surface area (Å²) in [6.45, 7) is 0. The van der Waals surface area contributed by atoms with Crippen molar-refractivity contribution in [2.24, 2.45) is 0 Å². The zero-order valence-electron chi connectivity index (χ0n) is 7.74. The summed E-state index contributed by atoms with van der Waals surface area (Å²) in [5, 5.41) is 5.13. The fourth-order valence-electron chi connectivity index (χ4n) is 0.950. The molecule has 0 aliphatic heterocycles. The Morgan fingerprint density at radius 1 is 1.07 bits per heavy atom. The van der Waals surface area contributed by atoms with Crippen molar-refractivity contribution in [3.63, 3.8) is 0 Å². The van der Waals surface area contributed by atoms with E-state index in [-0.39, 0.29) is 11.6 Å². The Balaban J connectivity index is 3.17. The molecular weight excluding hydrogens is 195 g/mol. The molecule has 14 heavy (non-hydrogen) atoms. The van der Waals surface area contributed by atoms with Crippen molar-refractivity contribution in [2.75, 3.05) is 24.7 Å². The van der Waals surface area contributed by atoms with Gasteiger partial charge in [-0.15, -0.1) is 0 Å². The summed E-state index contributed by atoms with van der Waals surface area (Å²) < 4.78 is 37.0. The molecule has 2 N–H and O–H groups in total. The highest BCUT2D eigenvalue weighted by Crippen LogP contribution is 2.31. The lowest BCUT2D eigenvalue weighted by Crippen LogP contribution is -2.08. The Morgan fingerprint density at radius 3 is 1.79 bits per heavy atom. The molecule has 6 heteroatoms. The molecule has 0 aliphatic rings. The summed E-state index contributed by atoms with van der Waals surface area (Å²) in [5.74, 6) is 0.369. The summed E-state index contributed by atoms with van der Waals surface area (Å²) in [6, 6.07) is 1.92. The van der Waals surface area contributed by atoms with Crippen LogP contribution in [0, 0.1) is 0 Å². The first kappa shape index (κ1) is 10.6. The molecule has 1 aromatic rings. The number of nitrogens with zero attached hydrogens (tertiary/aromatic N) is 1. The smallest absolute Gasteiger partial charge is 0.373 e. The van der Waals surface area contributed by atoms with E-state index in [1.807, 2.05) is 0 Å². The van der Waals surface area contributed by atoms with Crippen molar-refractivity contribution in [1.29, 1.82) is 0 Å². The van der Waals surface area contributed by atoms with Crippen LogP contribution >= 0.6 is 0 Å². The third-order valence-corrected chi connectivity index (χ3v) is 1.66. The number of rotatable bonds is 2. The van der Waals surface area contributed by atoms with Crippen LogP contribution in [0.5, 0.6) is 0 Å². The lowest BCUT2D eigenvalue weighted by molar-refractivity contribution is -0.137. The van der Waals surface area contributed by atoms with E-state index >= 15 is 0 Å². The van der Waals surface area contributed by atoms with Crippen molar-refractivity contribution in [3.8, 4) is 0 Å². The predicted molar refractivity (Wildman–Crippen MR) is 48.3 cm³/mol. The minimum atomic E-state index is -4.35. The standard InChI is InChI=1S/C8H10F3N3/c1-12-6-3-5(8(9,10)11)4-7(13-2)14-6/h3-4H,1-2H3,(H2,12,13,14). The largest absolute Gasteiger partial charge is 0.416 e. The maximum Gasteiger partial charge on any atom is 0.416 e. The second-order valence-corrected chi connectivity index (χ2v) is 2.62. The van der Waals surface area contributed by atoms with Gasteiger partial charge in [-0.3, -0.25) is 0 Å². The van der Waals surface area contributed by atoms with Crippen LogP contribution in [-0.2, 0) is 6.18 Å². The first-order valence-electron chi connectivity index (χ1n) is 3.92. The topological polar surface area (TPSA) is 37.0 Å². The van der Waals surface area contributed by atoms with Crippen LogP contribution in [0.2, 0.25) is 0 Å². The minimum absolute atomic E-state index is 0.184. The van der Waals surface area contributed by atoms with Gasteiger partial charge in [-0.05, 0) is 12.1 Å². The highest BCUT2D eigenvalue weighted by molar-refractivity contribution is 5.49. The van der Waals surface area contributed by atoms with E-state index in [2.05, 4.69) is 15.6 Å². The molecular formula is C8H10F3N3. The Bertz CT molecular complexity index is 300. The number of aromatic nitrogens is 1. The van der Waals surface area contributed by atoms with E-state index in [4.69, 9.17) is 0 Å². The van der Waals surface area contributed by atoms with Gasteiger partial charge in [-0.1, -0.05) is 0 Å². The van der Waals surface area contributed by atoms with E-state index < -0.39 is 11.7 Å². The van der Waals surface area contributed by atoms with Gasteiger partial charge in [-0.2, -0.15) is 13.2 Å². The van der Waals surface area contributed by atoms with Crippen molar-refractivity contribution in [3.05, 3.63) is 17.7 Å². The maximum atomic E-state index is 12.3. The van der Waals surface area contributed by atoms with Crippen LogP contribution in [-0.4, -0.2) is 19.1 Å². The third kappa shape index (κ3) is 2.27. The fraction of sp³-hybridized carbons (Fsp3) is 0.375. The van der Waals surface area contributed by atoms with Crippen molar-refractivity contribution in [1.82, 2.24) is 4.98 Å². The highest BCUT2D eigenvalue weighted by atomic mass is 19.4. The zero-order valence-corrected chi connectivity index (χ0v) is 7.74. The van der Waals surface area contributed by atoms with Crippen molar-refractivity contribution >= 4 is 11.6 Å². The second-order valence-electron chi connectivity index (χ2n) is 2.62. The number of nitrogens with one attached hydrogen (secondary N) is 2. The minimum Gasteiger partial charge on any atom is -0.373 e. The first-order chi connectivity index (χ1) is 6.47. The molecule has 0 radical (unpaired) electrons. The Morgan fingerprint density at radius 2 is 1.50 bits per heavy atom. The molecule has 0 unspecified atom stereocenters. The van der Waals surface area contributed by atoms with E-state index in [1.54, 1.807) is 0 Å². The van der Waals surface area contributed by atoms with Crippen molar-refractivity contribution < 1.29 is 13.2 Å². The van der Waals surface area contributed by atoms with Gasteiger partial charge in [0, 0.05) is 14.1 Å². The lowest BCUT2D eigenvalue weighted by Gasteiger charge is -2.10. The quantitative estimate of drug-likeness (QED) is 0.777. The van der Waals surface area contributed by atoms with Gasteiger partial charge in [0.15, 0.2) is 0 Å². The molecule has 0 saturated carbocycles. The van der Waals surface area contributed by atoms with E-state index in [9.17, 15) is 13.2 Å². The van der Waals surface area contributed by atoms with Crippen LogP contribution in [0.4, 0.5) is 24.8 Å². The van der Waals surface area contributed by atoms with Gasteiger partial charge < -0.3 is 10.6 Å². The monoisotopic (exact) mass is 205 g/mol. The molecule has 0 spiro atoms. The Labute approximate surface area is 79.3 Å². The highest BCUT2D eigenvalue weighted by Gasteiger charge is 2.31. The molecule has 0 amide bonds. The zero-order chi connectivity index (χ0) is 10.8. The van der Waals surface area contributed by atoms with E-state index in [1.165, 1.54) is 14.1 Å². The molecule has 1 rings (SSSR count). The molecule has 0 fully saturated rings. The molecule has 0 saturated heterocycles. The molecule has 0 bridgehead atoms. The molecule has 0 aliphatic carbocycles. The Kier molecular flexibility index (Phi) is 2.83. The maximum absolute atomic E-state index is 12.3. The molecule has 0 aromatic carbocycles. The summed E-state index contributed by atoms with van der Waals surface area (Å²) in [4.78, 5) is 3.86. The SMILES string of the molecule is CNc1cc(C(F)(F)F)cc(NC)n1. The molecule has 78 valence electrons. The van der Waals surface area contributed by atoms with Crippen LogP contribution < -0.4 is 10.6 Å². The van der Waals surface area contributed by atoms with Crippen LogP contribution in [0.1, 0.15) is 5.56 Å². The number of hydrogen-bond acceptors (Lipinski definition) is 3. The predicted octanol–water partition coefficient (Wildman–Crippen LogP) is 2.18. The Hall–Kier alpha value is -1.46. The lowest BCUT2D eigenvalue weighted by atomic mass is 10.2. The molecule has 0 atom stereocenters. The first-order valence-corrected chi connectivity index (χ1v) is 3.92. The number of pyridine rings is 1. The normalized spacial score (nSPS) is 11.2. The van der Waals surface area contributed by atoms with E-state index in [0.717, 1.165) is 12.1 Å². The average molecular weight is 205 g/mol. The fourth-order valence-corrected chi connectivity index (χ4v) is 0.950. The second kappa shape index (κ2) is 3.73. The number of hydrogen-bond donors (Lipinski definition) is 2. The van der Waals surface area contributed by atoms with Gasteiger partial charge in [0.25, 0.3) is 0 Å². The average Bonchev–Trinajstić information content (AvgIpc) is 2.15. The number of alkyl halides is 3. The van der Waals surface area contributed by atoms with Gasteiger partial charge in [-0.25, -0.2) is 4.98 Å². The van der Waals surface area contributed by atoms with Crippen LogP contribution in [0.25, 0.3) is 0 Å².